The van der Waals surface area contributed by atoms with E-state index in [1.807, 2.05) is 0 Å². The number of rotatable bonds is 5. The van der Waals surface area contributed by atoms with E-state index < -0.39 is 10.2 Å². The molecule has 0 saturated carbocycles. The first-order valence-corrected chi connectivity index (χ1v) is 8.23. The zero-order valence-electron chi connectivity index (χ0n) is 11.1. The van der Waals surface area contributed by atoms with E-state index in [1.54, 1.807) is 0 Å². The van der Waals surface area contributed by atoms with Crippen LogP contribution in [-0.4, -0.2) is 64.3 Å². The van der Waals surface area contributed by atoms with E-state index in [2.05, 4.69) is 4.72 Å². The summed E-state index contributed by atoms with van der Waals surface area (Å²) in [7, 11) is -3.48. The van der Waals surface area contributed by atoms with E-state index in [0.717, 1.165) is 19.3 Å². The molecule has 0 bridgehead atoms. The minimum Gasteiger partial charge on any atom is -0.376 e. The molecule has 0 radical (unpaired) electrons. The summed E-state index contributed by atoms with van der Waals surface area (Å²) in [6.45, 7) is 2.67. The van der Waals surface area contributed by atoms with E-state index >= 15 is 0 Å². The van der Waals surface area contributed by atoms with Crippen molar-refractivity contribution >= 4 is 10.2 Å². The Labute approximate surface area is 114 Å². The van der Waals surface area contributed by atoms with E-state index in [4.69, 9.17) is 15.2 Å². The van der Waals surface area contributed by atoms with Crippen molar-refractivity contribution in [1.29, 1.82) is 0 Å². The standard InChI is InChI=1S/C11H23N3O4S/c12-7-10-3-1-2-4-14(10)19(15,16)13-8-11-9-17-5-6-18-11/h10-11,13H,1-9,12H2. The summed E-state index contributed by atoms with van der Waals surface area (Å²) in [5.41, 5.74) is 5.65. The molecule has 0 aliphatic carbocycles. The van der Waals surface area contributed by atoms with E-state index in [1.165, 1.54) is 4.31 Å². The number of hydrogen-bond donors (Lipinski definition) is 2. The van der Waals surface area contributed by atoms with Crippen molar-refractivity contribution in [3.8, 4) is 0 Å². The second-order valence-corrected chi connectivity index (χ2v) is 6.63. The third-order valence-electron chi connectivity index (χ3n) is 3.53. The highest BCUT2D eigenvalue weighted by atomic mass is 32.2. The first kappa shape index (κ1) is 15.1. The van der Waals surface area contributed by atoms with E-state index in [9.17, 15) is 8.42 Å². The van der Waals surface area contributed by atoms with Crippen molar-refractivity contribution < 1.29 is 17.9 Å². The van der Waals surface area contributed by atoms with Gasteiger partial charge in [-0.15, -0.1) is 0 Å². The summed E-state index contributed by atoms with van der Waals surface area (Å²) in [5, 5.41) is 0. The van der Waals surface area contributed by atoms with Crippen molar-refractivity contribution in [2.75, 3.05) is 39.5 Å². The van der Waals surface area contributed by atoms with Gasteiger partial charge in [0.05, 0.1) is 25.9 Å². The van der Waals surface area contributed by atoms with Crippen molar-refractivity contribution in [2.45, 2.75) is 31.4 Å². The average molecular weight is 293 g/mol. The fourth-order valence-corrected chi connectivity index (χ4v) is 3.98. The van der Waals surface area contributed by atoms with Gasteiger partial charge >= 0.3 is 0 Å². The van der Waals surface area contributed by atoms with E-state index in [-0.39, 0.29) is 18.7 Å². The van der Waals surface area contributed by atoms with Gasteiger partial charge in [0.2, 0.25) is 0 Å². The Morgan fingerprint density at radius 3 is 2.84 bits per heavy atom. The number of nitrogens with one attached hydrogen (secondary N) is 1. The predicted octanol–water partition coefficient (Wildman–Crippen LogP) is -0.951. The molecule has 3 N–H and O–H groups in total. The summed E-state index contributed by atoms with van der Waals surface area (Å²) in [5.74, 6) is 0. The molecule has 0 spiro atoms. The van der Waals surface area contributed by atoms with Gasteiger partial charge in [-0.3, -0.25) is 0 Å². The molecule has 0 aromatic heterocycles. The third-order valence-corrected chi connectivity index (χ3v) is 5.16. The molecule has 8 heteroatoms. The Kier molecular flexibility index (Phi) is 5.55. The van der Waals surface area contributed by atoms with Crippen LogP contribution in [0.2, 0.25) is 0 Å². The zero-order valence-corrected chi connectivity index (χ0v) is 11.9. The van der Waals surface area contributed by atoms with Crippen LogP contribution < -0.4 is 10.5 Å². The Balaban J connectivity index is 1.89. The third kappa shape index (κ3) is 4.11. The molecule has 0 amide bonds. The van der Waals surface area contributed by atoms with Gasteiger partial charge in [0.15, 0.2) is 0 Å². The molecule has 0 aromatic rings. The summed E-state index contributed by atoms with van der Waals surface area (Å²) < 4.78 is 39.3. The number of nitrogens with zero attached hydrogens (tertiary/aromatic N) is 1. The molecule has 2 fully saturated rings. The highest BCUT2D eigenvalue weighted by Gasteiger charge is 2.31. The fraction of sp³-hybridized carbons (Fsp3) is 1.00. The molecule has 112 valence electrons. The molecule has 2 rings (SSSR count). The van der Waals surface area contributed by atoms with Gasteiger partial charge in [0.1, 0.15) is 0 Å². The lowest BCUT2D eigenvalue weighted by molar-refractivity contribution is -0.0848. The molecule has 2 heterocycles. The van der Waals surface area contributed by atoms with Crippen molar-refractivity contribution in [3.63, 3.8) is 0 Å². The van der Waals surface area contributed by atoms with Crippen LogP contribution in [0.4, 0.5) is 0 Å². The monoisotopic (exact) mass is 293 g/mol. The minimum atomic E-state index is -3.48. The Morgan fingerprint density at radius 1 is 1.32 bits per heavy atom. The SMILES string of the molecule is NCC1CCCCN1S(=O)(=O)NCC1COCCO1. The molecule has 2 saturated heterocycles. The molecular weight excluding hydrogens is 270 g/mol. The molecule has 7 nitrogen and oxygen atoms in total. The smallest absolute Gasteiger partial charge is 0.279 e. The van der Waals surface area contributed by atoms with Gasteiger partial charge in [-0.2, -0.15) is 17.4 Å². The van der Waals surface area contributed by atoms with Gasteiger partial charge < -0.3 is 15.2 Å². The van der Waals surface area contributed by atoms with Gasteiger partial charge in [-0.05, 0) is 12.8 Å². The maximum atomic E-state index is 12.3. The maximum absolute atomic E-state index is 12.3. The van der Waals surface area contributed by atoms with Gasteiger partial charge in [0, 0.05) is 25.7 Å². The Bertz CT molecular complexity index is 370. The van der Waals surface area contributed by atoms with Crippen LogP contribution >= 0.6 is 0 Å². The molecule has 2 unspecified atom stereocenters. The van der Waals surface area contributed by atoms with Gasteiger partial charge in [0.25, 0.3) is 10.2 Å². The van der Waals surface area contributed by atoms with E-state index in [0.29, 0.717) is 32.9 Å². The fourth-order valence-electron chi connectivity index (χ4n) is 2.46. The van der Waals surface area contributed by atoms with Crippen LogP contribution in [-0.2, 0) is 19.7 Å². The lowest BCUT2D eigenvalue weighted by atomic mass is 10.1. The van der Waals surface area contributed by atoms with Crippen LogP contribution in [0.1, 0.15) is 19.3 Å². The van der Waals surface area contributed by atoms with Crippen LogP contribution in [0, 0.1) is 0 Å². The molecule has 2 atom stereocenters. The van der Waals surface area contributed by atoms with Crippen molar-refractivity contribution in [1.82, 2.24) is 9.03 Å². The van der Waals surface area contributed by atoms with Crippen LogP contribution in [0.25, 0.3) is 0 Å². The summed E-state index contributed by atoms with van der Waals surface area (Å²) in [4.78, 5) is 0. The van der Waals surface area contributed by atoms with Crippen LogP contribution in [0.15, 0.2) is 0 Å². The van der Waals surface area contributed by atoms with Gasteiger partial charge in [-0.1, -0.05) is 6.42 Å². The Hall–Kier alpha value is -0.250. The largest absolute Gasteiger partial charge is 0.376 e. The number of nitrogens with two attached hydrogens (primary N) is 1. The van der Waals surface area contributed by atoms with Crippen molar-refractivity contribution in [2.24, 2.45) is 5.73 Å². The highest BCUT2D eigenvalue weighted by Crippen LogP contribution is 2.18. The molecule has 2 aliphatic rings. The molecule has 19 heavy (non-hydrogen) atoms. The normalized spacial score (nSPS) is 30.4. The summed E-state index contributed by atoms with van der Waals surface area (Å²) >= 11 is 0. The maximum Gasteiger partial charge on any atom is 0.279 e. The first-order valence-electron chi connectivity index (χ1n) is 6.79. The van der Waals surface area contributed by atoms with Gasteiger partial charge in [-0.25, -0.2) is 0 Å². The number of ether oxygens (including phenoxy) is 2. The predicted molar refractivity (Wildman–Crippen MR) is 70.9 cm³/mol. The summed E-state index contributed by atoms with van der Waals surface area (Å²) in [6, 6.07) is -0.0882. The average Bonchev–Trinajstić information content (AvgIpc) is 2.46. The topological polar surface area (TPSA) is 93.9 Å². The molecular formula is C11H23N3O4S. The van der Waals surface area contributed by atoms with Crippen molar-refractivity contribution in [3.05, 3.63) is 0 Å². The molecule has 0 aromatic carbocycles. The quantitative estimate of drug-likeness (QED) is 0.681. The lowest BCUT2D eigenvalue weighted by Crippen LogP contribution is -2.53. The molecule has 2 aliphatic heterocycles. The summed E-state index contributed by atoms with van der Waals surface area (Å²) in [6.07, 6.45) is 2.55. The Morgan fingerprint density at radius 2 is 2.16 bits per heavy atom. The van der Waals surface area contributed by atoms with Crippen LogP contribution in [0.3, 0.4) is 0 Å². The first-order chi connectivity index (χ1) is 9.13. The minimum absolute atomic E-state index is 0.0882. The second-order valence-electron chi connectivity index (χ2n) is 4.92. The lowest BCUT2D eigenvalue weighted by Gasteiger charge is -2.34. The van der Waals surface area contributed by atoms with Crippen LogP contribution in [0.5, 0.6) is 0 Å². The number of piperidine rings is 1. The highest BCUT2D eigenvalue weighted by molar-refractivity contribution is 7.87. The number of hydrogen-bond acceptors (Lipinski definition) is 5. The zero-order chi connectivity index (χ0) is 13.7. The second kappa shape index (κ2) is 6.96.